The summed E-state index contributed by atoms with van der Waals surface area (Å²) in [6, 6.07) is 16.1. The van der Waals surface area contributed by atoms with Crippen molar-refractivity contribution in [3.05, 3.63) is 127 Å². The minimum Gasteiger partial charge on any atom is -0.366 e. The summed E-state index contributed by atoms with van der Waals surface area (Å²) in [5.41, 5.74) is 4.06. The van der Waals surface area contributed by atoms with Crippen LogP contribution >= 0.6 is 0 Å². The standard InChI is InChI=1S/C60H80F2N12O7/c1-37-27-71(33-52(76)73-35-59(4,5)54-48(73)22-42(56(78)66-54)20-40-8-12-44(61)13-9-40)46(24-63-37)30-68-18-19-81-50(32-68)58(80)65-26-51(75)70-17-16-69(39(3)29-70)31-47-25-64-38(2)28-72(47)34-53(77)74-36-60(6,7)55-49(74)23-43(57(79)67-55)21-41-10-14-45(62)15-11-41/h8-15,22-23,37-39,46-47,50,63-64H,16-21,24-36H2,1-7H3,(H,65,80)(H,66,78)(H,67,79)/t37-,38-,39-,46-,47-,50+/m1/s1. The summed E-state index contributed by atoms with van der Waals surface area (Å²) in [5, 5.41) is 10.1. The van der Waals surface area contributed by atoms with Crippen molar-refractivity contribution in [3.8, 4) is 0 Å². The normalized spacial score (nSPS) is 25.2. The van der Waals surface area contributed by atoms with E-state index in [1.807, 2.05) is 39.8 Å². The highest BCUT2D eigenvalue weighted by molar-refractivity contribution is 5.98. The van der Waals surface area contributed by atoms with Gasteiger partial charge in [0.15, 0.2) is 0 Å². The Kier molecular flexibility index (Phi) is 17.2. The second-order valence-electron chi connectivity index (χ2n) is 24.9. The molecule has 4 saturated heterocycles. The fraction of sp³-hybridized carbons (Fsp3) is 0.567. The topological polar surface area (TPSA) is 202 Å². The molecule has 0 bridgehead atoms. The van der Waals surface area contributed by atoms with Gasteiger partial charge >= 0.3 is 0 Å². The fourth-order valence-electron chi connectivity index (χ4n) is 12.9. The van der Waals surface area contributed by atoms with Gasteiger partial charge < -0.3 is 45.4 Å². The van der Waals surface area contributed by atoms with Gasteiger partial charge in [0.1, 0.15) is 17.7 Å². The molecule has 5 N–H and O–H groups in total. The van der Waals surface area contributed by atoms with Gasteiger partial charge in [-0.2, -0.15) is 0 Å². The lowest BCUT2D eigenvalue weighted by Crippen LogP contribution is -2.63. The molecule has 4 fully saturated rings. The highest BCUT2D eigenvalue weighted by Gasteiger charge is 2.43. The quantitative estimate of drug-likeness (QED) is 0.116. The summed E-state index contributed by atoms with van der Waals surface area (Å²) in [5.74, 6) is -1.32. The largest absolute Gasteiger partial charge is 0.366 e. The average Bonchev–Trinajstić information content (AvgIpc) is 4.11. The van der Waals surface area contributed by atoms with Gasteiger partial charge in [-0.15, -0.1) is 0 Å². The molecule has 6 aliphatic heterocycles. The van der Waals surface area contributed by atoms with Crippen molar-refractivity contribution in [1.82, 2.24) is 50.4 Å². The lowest BCUT2D eigenvalue weighted by Gasteiger charge is -2.45. The van der Waals surface area contributed by atoms with E-state index in [9.17, 15) is 37.5 Å². The van der Waals surface area contributed by atoms with E-state index in [4.69, 9.17) is 4.74 Å². The van der Waals surface area contributed by atoms with Gasteiger partial charge in [-0.3, -0.25) is 48.4 Å². The lowest BCUT2D eigenvalue weighted by atomic mass is 9.91. The predicted molar refractivity (Wildman–Crippen MR) is 306 cm³/mol. The molecule has 6 atom stereocenters. The second-order valence-corrected chi connectivity index (χ2v) is 24.9. The number of anilines is 2. The molecule has 0 radical (unpaired) electrons. The number of hydrogen-bond donors (Lipinski definition) is 5. The van der Waals surface area contributed by atoms with Crippen LogP contribution < -0.4 is 36.9 Å². The monoisotopic (exact) mass is 1120 g/mol. The van der Waals surface area contributed by atoms with E-state index in [0.29, 0.717) is 127 Å². The van der Waals surface area contributed by atoms with Gasteiger partial charge in [0.25, 0.3) is 17.0 Å². The number of carbonyl (C=O) groups excluding carboxylic acids is 4. The molecule has 0 spiro atoms. The molecule has 0 saturated carbocycles. The molecule has 0 unspecified atom stereocenters. The summed E-state index contributed by atoms with van der Waals surface area (Å²) in [4.78, 5) is 103. The number of morpholine rings is 1. The Balaban J connectivity index is 0.699. The van der Waals surface area contributed by atoms with Crippen molar-refractivity contribution >= 4 is 35.0 Å². The predicted octanol–water partition coefficient (Wildman–Crippen LogP) is 2.15. The first-order valence-electron chi connectivity index (χ1n) is 28.8. The number of piperazine rings is 3. The van der Waals surface area contributed by atoms with Crippen LogP contribution in [0.5, 0.6) is 0 Å². The number of rotatable bonds is 15. The van der Waals surface area contributed by atoms with Crippen molar-refractivity contribution in [3.63, 3.8) is 0 Å². The number of amides is 4. The zero-order chi connectivity index (χ0) is 57.5. The number of aromatic nitrogens is 2. The van der Waals surface area contributed by atoms with E-state index in [-0.39, 0.29) is 96.2 Å². The van der Waals surface area contributed by atoms with Gasteiger partial charge in [-0.25, -0.2) is 8.78 Å². The number of nitrogens with zero attached hydrogens (tertiary/aromatic N) is 7. The summed E-state index contributed by atoms with van der Waals surface area (Å²) in [6.07, 6.45) is -0.163. The summed E-state index contributed by atoms with van der Waals surface area (Å²) < 4.78 is 33.3. The minimum absolute atomic E-state index is 0.0238. The summed E-state index contributed by atoms with van der Waals surface area (Å²) in [7, 11) is 0. The van der Waals surface area contributed by atoms with Gasteiger partial charge in [0, 0.05) is 161 Å². The molecular formula is C60H80F2N12O7. The van der Waals surface area contributed by atoms with E-state index < -0.39 is 16.9 Å². The molecule has 2 aromatic carbocycles. The van der Waals surface area contributed by atoms with Crippen LogP contribution in [0.2, 0.25) is 0 Å². The molecule has 81 heavy (non-hydrogen) atoms. The number of pyridine rings is 2. The van der Waals surface area contributed by atoms with E-state index in [0.717, 1.165) is 22.5 Å². The molecule has 10 rings (SSSR count). The van der Waals surface area contributed by atoms with Gasteiger partial charge in [0.2, 0.25) is 17.7 Å². The van der Waals surface area contributed by atoms with E-state index >= 15 is 0 Å². The Labute approximate surface area is 472 Å². The maximum Gasteiger partial charge on any atom is 0.251 e. The Morgan fingerprint density at radius 3 is 1.62 bits per heavy atom. The van der Waals surface area contributed by atoms with Gasteiger partial charge in [-0.1, -0.05) is 52.0 Å². The van der Waals surface area contributed by atoms with Gasteiger partial charge in [-0.05, 0) is 68.3 Å². The van der Waals surface area contributed by atoms with Crippen molar-refractivity contribution in [2.24, 2.45) is 0 Å². The zero-order valence-corrected chi connectivity index (χ0v) is 47.9. The van der Waals surface area contributed by atoms with Crippen LogP contribution in [0.25, 0.3) is 0 Å². The molecule has 6 aliphatic rings. The Hall–Kier alpha value is -6.20. The minimum atomic E-state index is -0.773. The number of hydrogen-bond acceptors (Lipinski definition) is 13. The highest BCUT2D eigenvalue weighted by Crippen LogP contribution is 2.40. The van der Waals surface area contributed by atoms with Crippen LogP contribution in [0.1, 0.15) is 82.1 Å². The second kappa shape index (κ2) is 23.9. The smallest absolute Gasteiger partial charge is 0.251 e. The molecule has 4 aromatic rings. The van der Waals surface area contributed by atoms with Crippen molar-refractivity contribution in [1.29, 1.82) is 0 Å². The van der Waals surface area contributed by atoms with E-state index in [2.05, 4.69) is 66.3 Å². The Morgan fingerprint density at radius 2 is 1.12 bits per heavy atom. The number of halogens is 2. The number of nitrogens with one attached hydrogen (secondary N) is 5. The first kappa shape index (κ1) is 58.0. The third-order valence-corrected chi connectivity index (χ3v) is 17.5. The van der Waals surface area contributed by atoms with Crippen LogP contribution in [0.3, 0.4) is 0 Å². The zero-order valence-electron chi connectivity index (χ0n) is 47.9. The van der Waals surface area contributed by atoms with Crippen LogP contribution in [-0.2, 0) is 47.6 Å². The van der Waals surface area contributed by atoms with Crippen LogP contribution in [0.15, 0.2) is 70.3 Å². The van der Waals surface area contributed by atoms with Crippen LogP contribution in [0.4, 0.5) is 20.2 Å². The Morgan fingerprint density at radius 1 is 0.630 bits per heavy atom. The lowest BCUT2D eigenvalue weighted by molar-refractivity contribution is -0.142. The first-order valence-corrected chi connectivity index (χ1v) is 28.8. The number of benzene rings is 2. The molecule has 21 heteroatoms. The van der Waals surface area contributed by atoms with E-state index in [1.165, 1.54) is 24.3 Å². The number of H-pyrrole nitrogens is 2. The third-order valence-electron chi connectivity index (χ3n) is 17.5. The number of fused-ring (bicyclic) bond motifs is 2. The van der Waals surface area contributed by atoms with Crippen molar-refractivity contribution in [2.45, 2.75) is 108 Å². The molecule has 0 aliphatic carbocycles. The number of ether oxygens (including phenoxy) is 1. The van der Waals surface area contributed by atoms with Crippen molar-refractivity contribution in [2.75, 3.05) is 121 Å². The molecule has 436 valence electrons. The third kappa shape index (κ3) is 13.2. The molecular weight excluding hydrogens is 1040 g/mol. The maximum absolute atomic E-state index is 14.4. The highest BCUT2D eigenvalue weighted by atomic mass is 19.1. The first-order chi connectivity index (χ1) is 38.6. The molecule has 4 amide bonds. The molecule has 8 heterocycles. The molecule has 2 aromatic heterocycles. The molecule has 19 nitrogen and oxygen atoms in total. The van der Waals surface area contributed by atoms with Gasteiger partial charge in [0.05, 0.1) is 37.6 Å². The average molecular weight is 1120 g/mol. The van der Waals surface area contributed by atoms with Crippen molar-refractivity contribution < 1.29 is 32.7 Å². The Bertz CT molecular complexity index is 3100. The summed E-state index contributed by atoms with van der Waals surface area (Å²) >= 11 is 0. The number of aromatic amines is 2. The fourth-order valence-corrected chi connectivity index (χ4v) is 12.9. The SMILES string of the molecule is C[C@@H]1CN(CC(=O)N2CC(C)(C)c3[nH]c(=O)c(Cc4ccc(F)cc4)cc32)[C@@H](CN2CCO[C@H](C(=O)NCC(=O)N3CCN(C[C@H]4CN[C@H](C)CN4CC(=O)N4CC(C)(C)c5[nH]c(=O)c(Cc6ccc(F)cc6)cc54)[C@H](C)C3)C2)CN1. The number of carbonyl (C=O) groups is 4. The van der Waals surface area contributed by atoms with E-state index in [1.54, 1.807) is 39.0 Å². The van der Waals surface area contributed by atoms with Crippen LogP contribution in [0, 0.1) is 11.6 Å². The van der Waals surface area contributed by atoms with Crippen LogP contribution in [-0.4, -0.2) is 206 Å². The maximum atomic E-state index is 14.4. The summed E-state index contributed by atoms with van der Waals surface area (Å²) in [6.45, 7) is 22.3.